The third kappa shape index (κ3) is 3.47. The van der Waals surface area contributed by atoms with Gasteiger partial charge in [0.1, 0.15) is 13.2 Å². The van der Waals surface area contributed by atoms with Crippen LogP contribution in [0.25, 0.3) is 0 Å². The molecule has 3 rings (SSSR count). The molecule has 0 saturated heterocycles. The standard InChI is InChI=1S/C19H21NO3/c1-3-16(14-6-4-13(2)5-7-14)20-19(21)15-8-9-17-18(12-15)23-11-10-22-17/h4-9,12,16H,3,10-11H2,1-2H3,(H,20,21)/t16-/m1/s1. The molecule has 0 aromatic heterocycles. The van der Waals surface area contributed by atoms with Gasteiger partial charge < -0.3 is 14.8 Å². The van der Waals surface area contributed by atoms with Gasteiger partial charge in [0, 0.05) is 5.56 Å². The van der Waals surface area contributed by atoms with Crippen LogP contribution in [0, 0.1) is 6.92 Å². The fraction of sp³-hybridized carbons (Fsp3) is 0.316. The molecular weight excluding hydrogens is 290 g/mol. The maximum Gasteiger partial charge on any atom is 0.251 e. The van der Waals surface area contributed by atoms with E-state index in [1.54, 1.807) is 18.2 Å². The minimum Gasteiger partial charge on any atom is -0.486 e. The summed E-state index contributed by atoms with van der Waals surface area (Å²) in [6.07, 6.45) is 0.833. The van der Waals surface area contributed by atoms with Gasteiger partial charge >= 0.3 is 0 Å². The van der Waals surface area contributed by atoms with Gasteiger partial charge in [-0.15, -0.1) is 0 Å². The van der Waals surface area contributed by atoms with Crippen molar-refractivity contribution in [3.8, 4) is 11.5 Å². The Labute approximate surface area is 136 Å². The highest BCUT2D eigenvalue weighted by Crippen LogP contribution is 2.31. The summed E-state index contributed by atoms with van der Waals surface area (Å²) in [7, 11) is 0. The normalized spacial score (nSPS) is 14.2. The van der Waals surface area contributed by atoms with E-state index in [1.807, 2.05) is 0 Å². The van der Waals surface area contributed by atoms with E-state index in [-0.39, 0.29) is 11.9 Å². The first kappa shape index (κ1) is 15.4. The van der Waals surface area contributed by atoms with E-state index in [0.717, 1.165) is 12.0 Å². The number of hydrogen-bond acceptors (Lipinski definition) is 3. The number of ether oxygens (including phenoxy) is 2. The van der Waals surface area contributed by atoms with Gasteiger partial charge in [-0.05, 0) is 37.1 Å². The van der Waals surface area contributed by atoms with Crippen LogP contribution in [0.3, 0.4) is 0 Å². The van der Waals surface area contributed by atoms with Gasteiger partial charge in [0.15, 0.2) is 11.5 Å². The zero-order chi connectivity index (χ0) is 16.2. The lowest BCUT2D eigenvalue weighted by Gasteiger charge is -2.20. The van der Waals surface area contributed by atoms with Crippen molar-refractivity contribution < 1.29 is 14.3 Å². The molecule has 0 unspecified atom stereocenters. The molecule has 4 nitrogen and oxygen atoms in total. The summed E-state index contributed by atoms with van der Waals surface area (Å²) in [6.45, 7) is 5.18. The maximum atomic E-state index is 12.5. The Hall–Kier alpha value is -2.49. The molecule has 1 N–H and O–H groups in total. The number of nitrogens with one attached hydrogen (secondary N) is 1. The summed E-state index contributed by atoms with van der Waals surface area (Å²) in [6, 6.07) is 13.5. The van der Waals surface area contributed by atoms with Crippen LogP contribution >= 0.6 is 0 Å². The number of carbonyl (C=O) groups excluding carboxylic acids is 1. The predicted molar refractivity (Wildman–Crippen MR) is 89.1 cm³/mol. The number of hydrogen-bond donors (Lipinski definition) is 1. The van der Waals surface area contributed by atoms with Crippen LogP contribution in [0.15, 0.2) is 42.5 Å². The molecule has 1 atom stereocenters. The minimum atomic E-state index is -0.102. The Bertz CT molecular complexity index is 694. The van der Waals surface area contributed by atoms with Crippen LogP contribution in [0.4, 0.5) is 0 Å². The lowest BCUT2D eigenvalue weighted by molar-refractivity contribution is 0.0934. The Morgan fingerprint density at radius 3 is 2.48 bits per heavy atom. The molecule has 1 amide bonds. The summed E-state index contributed by atoms with van der Waals surface area (Å²) >= 11 is 0. The number of benzene rings is 2. The number of aryl methyl sites for hydroxylation is 1. The van der Waals surface area contributed by atoms with E-state index in [9.17, 15) is 4.79 Å². The summed E-state index contributed by atoms with van der Waals surface area (Å²) < 4.78 is 11.0. The van der Waals surface area contributed by atoms with Crippen LogP contribution in [-0.2, 0) is 0 Å². The fourth-order valence-corrected chi connectivity index (χ4v) is 2.65. The molecule has 0 spiro atoms. The molecule has 2 aromatic rings. The second-order valence-electron chi connectivity index (χ2n) is 5.70. The van der Waals surface area contributed by atoms with E-state index in [2.05, 4.69) is 43.4 Å². The summed E-state index contributed by atoms with van der Waals surface area (Å²) in [5.74, 6) is 1.22. The van der Waals surface area contributed by atoms with E-state index in [1.165, 1.54) is 5.56 Å². The van der Waals surface area contributed by atoms with Crippen LogP contribution < -0.4 is 14.8 Å². The van der Waals surface area contributed by atoms with Crippen LogP contribution in [0.2, 0.25) is 0 Å². The summed E-state index contributed by atoms with van der Waals surface area (Å²) in [5.41, 5.74) is 2.91. The minimum absolute atomic E-state index is 0.00343. The average molecular weight is 311 g/mol. The smallest absolute Gasteiger partial charge is 0.251 e. The lowest BCUT2D eigenvalue weighted by atomic mass is 10.0. The Morgan fingerprint density at radius 2 is 1.78 bits per heavy atom. The summed E-state index contributed by atoms with van der Waals surface area (Å²) in [4.78, 5) is 12.5. The molecule has 23 heavy (non-hydrogen) atoms. The van der Waals surface area contributed by atoms with Crippen molar-refractivity contribution in [1.82, 2.24) is 5.32 Å². The fourth-order valence-electron chi connectivity index (χ4n) is 2.65. The van der Waals surface area contributed by atoms with Crippen LogP contribution in [0.5, 0.6) is 11.5 Å². The topological polar surface area (TPSA) is 47.6 Å². The molecule has 1 aliphatic rings. The Kier molecular flexibility index (Phi) is 4.51. The van der Waals surface area contributed by atoms with E-state index >= 15 is 0 Å². The third-order valence-corrected chi connectivity index (χ3v) is 4.00. The second kappa shape index (κ2) is 6.73. The van der Waals surface area contributed by atoms with Gasteiger partial charge in [-0.25, -0.2) is 0 Å². The highest BCUT2D eigenvalue weighted by molar-refractivity contribution is 5.95. The zero-order valence-electron chi connectivity index (χ0n) is 13.5. The number of rotatable bonds is 4. The van der Waals surface area contributed by atoms with E-state index < -0.39 is 0 Å². The number of carbonyl (C=O) groups is 1. The zero-order valence-corrected chi connectivity index (χ0v) is 13.5. The van der Waals surface area contributed by atoms with E-state index in [4.69, 9.17) is 9.47 Å². The Balaban J connectivity index is 1.75. The Morgan fingerprint density at radius 1 is 1.09 bits per heavy atom. The highest BCUT2D eigenvalue weighted by Gasteiger charge is 2.17. The monoisotopic (exact) mass is 311 g/mol. The quantitative estimate of drug-likeness (QED) is 0.937. The van der Waals surface area contributed by atoms with Crippen LogP contribution in [0.1, 0.15) is 40.9 Å². The van der Waals surface area contributed by atoms with Crippen molar-refractivity contribution in [2.75, 3.05) is 13.2 Å². The van der Waals surface area contributed by atoms with Crippen molar-refractivity contribution in [2.24, 2.45) is 0 Å². The average Bonchev–Trinajstić information content (AvgIpc) is 2.60. The van der Waals surface area contributed by atoms with Gasteiger partial charge in [-0.2, -0.15) is 0 Å². The maximum absolute atomic E-state index is 12.5. The van der Waals surface area contributed by atoms with Gasteiger partial charge in [-0.1, -0.05) is 36.8 Å². The first-order chi connectivity index (χ1) is 11.2. The number of amides is 1. The van der Waals surface area contributed by atoms with Crippen molar-refractivity contribution in [3.63, 3.8) is 0 Å². The van der Waals surface area contributed by atoms with Gasteiger partial charge in [0.05, 0.1) is 6.04 Å². The first-order valence-electron chi connectivity index (χ1n) is 7.94. The molecule has 0 fully saturated rings. The molecule has 0 bridgehead atoms. The molecule has 1 aliphatic heterocycles. The van der Waals surface area contributed by atoms with Crippen LogP contribution in [-0.4, -0.2) is 19.1 Å². The van der Waals surface area contributed by atoms with Gasteiger partial charge in [0.25, 0.3) is 5.91 Å². The second-order valence-corrected chi connectivity index (χ2v) is 5.70. The molecule has 120 valence electrons. The summed E-state index contributed by atoms with van der Waals surface area (Å²) in [5, 5.41) is 3.09. The van der Waals surface area contributed by atoms with Gasteiger partial charge in [0.2, 0.25) is 0 Å². The third-order valence-electron chi connectivity index (χ3n) is 4.00. The number of fused-ring (bicyclic) bond motifs is 1. The largest absolute Gasteiger partial charge is 0.486 e. The molecule has 0 radical (unpaired) electrons. The molecule has 0 aliphatic carbocycles. The SMILES string of the molecule is CC[C@@H](NC(=O)c1ccc2c(c1)OCCO2)c1ccc(C)cc1. The molecule has 0 saturated carbocycles. The lowest BCUT2D eigenvalue weighted by Crippen LogP contribution is -2.28. The van der Waals surface area contributed by atoms with E-state index in [0.29, 0.717) is 30.3 Å². The van der Waals surface area contributed by atoms with Crippen molar-refractivity contribution in [3.05, 3.63) is 59.2 Å². The molecule has 1 heterocycles. The molecular formula is C19H21NO3. The molecule has 4 heteroatoms. The van der Waals surface area contributed by atoms with Crippen molar-refractivity contribution in [1.29, 1.82) is 0 Å². The molecule has 2 aromatic carbocycles. The highest BCUT2D eigenvalue weighted by atomic mass is 16.6. The van der Waals surface area contributed by atoms with Crippen molar-refractivity contribution >= 4 is 5.91 Å². The van der Waals surface area contributed by atoms with Gasteiger partial charge in [-0.3, -0.25) is 4.79 Å². The van der Waals surface area contributed by atoms with Crippen molar-refractivity contribution in [2.45, 2.75) is 26.3 Å². The predicted octanol–water partition coefficient (Wildman–Crippen LogP) is 3.65. The first-order valence-corrected chi connectivity index (χ1v) is 7.94.